The molecule has 0 bridgehead atoms. The normalized spacial score (nSPS) is 11.0. The summed E-state index contributed by atoms with van der Waals surface area (Å²) in [6.45, 7) is 3.06. The molecule has 0 saturated heterocycles. The van der Waals surface area contributed by atoms with Gasteiger partial charge in [-0.1, -0.05) is 17.7 Å². The van der Waals surface area contributed by atoms with Crippen LogP contribution in [0.15, 0.2) is 53.5 Å². The zero-order valence-corrected chi connectivity index (χ0v) is 14.9. The second-order valence-corrected chi connectivity index (χ2v) is 5.57. The molecule has 26 heavy (non-hydrogen) atoms. The van der Waals surface area contributed by atoms with E-state index in [2.05, 4.69) is 20.9 Å². The number of rotatable bonds is 7. The van der Waals surface area contributed by atoms with Crippen LogP contribution < -0.4 is 20.7 Å². The second kappa shape index (κ2) is 10.0. The molecule has 2 aromatic carbocycles. The molecule has 0 aromatic heterocycles. The van der Waals surface area contributed by atoms with Crippen molar-refractivity contribution in [1.29, 1.82) is 0 Å². The Labute approximate surface area is 152 Å². The van der Waals surface area contributed by atoms with Crippen molar-refractivity contribution in [3.63, 3.8) is 0 Å². The standard InChI is InChI=1S/C19H23FN4O2/c1-14-3-9-17(10-4-14)26-12-11-22-19(21-2)23-13-18(25)24-16-7-5-15(20)6-8-16/h3-10H,11-13H2,1-2H3,(H,24,25)(H2,21,22,23). The summed E-state index contributed by atoms with van der Waals surface area (Å²) in [5.41, 5.74) is 1.71. The number of nitrogens with one attached hydrogen (secondary N) is 3. The van der Waals surface area contributed by atoms with Gasteiger partial charge < -0.3 is 20.7 Å². The van der Waals surface area contributed by atoms with Crippen molar-refractivity contribution < 1.29 is 13.9 Å². The van der Waals surface area contributed by atoms with Crippen LogP contribution in [0.5, 0.6) is 5.75 Å². The van der Waals surface area contributed by atoms with E-state index in [1.54, 1.807) is 7.05 Å². The van der Waals surface area contributed by atoms with E-state index in [0.29, 0.717) is 24.8 Å². The van der Waals surface area contributed by atoms with E-state index in [-0.39, 0.29) is 18.3 Å². The molecule has 138 valence electrons. The van der Waals surface area contributed by atoms with Gasteiger partial charge in [0.05, 0.1) is 13.1 Å². The minimum absolute atomic E-state index is 0.0376. The highest BCUT2D eigenvalue weighted by molar-refractivity contribution is 5.94. The van der Waals surface area contributed by atoms with Gasteiger partial charge in [0.15, 0.2) is 5.96 Å². The van der Waals surface area contributed by atoms with Gasteiger partial charge in [-0.05, 0) is 43.3 Å². The quantitative estimate of drug-likeness (QED) is 0.403. The molecule has 0 aliphatic heterocycles. The fraction of sp³-hybridized carbons (Fsp3) is 0.263. The highest BCUT2D eigenvalue weighted by atomic mass is 19.1. The largest absolute Gasteiger partial charge is 0.492 e. The Kier molecular flexibility index (Phi) is 7.42. The maximum Gasteiger partial charge on any atom is 0.243 e. The zero-order valence-electron chi connectivity index (χ0n) is 14.9. The number of hydrogen-bond acceptors (Lipinski definition) is 3. The fourth-order valence-corrected chi connectivity index (χ4v) is 2.10. The number of hydrogen-bond donors (Lipinski definition) is 3. The third-order valence-electron chi connectivity index (χ3n) is 3.45. The Morgan fingerprint density at radius 1 is 1.08 bits per heavy atom. The van der Waals surface area contributed by atoms with E-state index in [0.717, 1.165) is 5.75 Å². The molecule has 0 spiro atoms. The molecule has 3 N–H and O–H groups in total. The molecule has 0 radical (unpaired) electrons. The van der Waals surface area contributed by atoms with Crippen molar-refractivity contribution in [1.82, 2.24) is 10.6 Å². The average molecular weight is 358 g/mol. The molecule has 0 aliphatic rings. The Hall–Kier alpha value is -3.09. The lowest BCUT2D eigenvalue weighted by molar-refractivity contribution is -0.115. The number of guanidine groups is 1. The van der Waals surface area contributed by atoms with Crippen LogP contribution in [-0.4, -0.2) is 38.6 Å². The highest BCUT2D eigenvalue weighted by Crippen LogP contribution is 2.10. The Morgan fingerprint density at radius 2 is 1.77 bits per heavy atom. The summed E-state index contributed by atoms with van der Waals surface area (Å²) in [5, 5.41) is 8.63. The van der Waals surface area contributed by atoms with Crippen LogP contribution in [0.3, 0.4) is 0 Å². The molecule has 0 fully saturated rings. The third kappa shape index (κ3) is 6.80. The minimum atomic E-state index is -0.349. The van der Waals surface area contributed by atoms with E-state index in [1.807, 2.05) is 31.2 Å². The van der Waals surface area contributed by atoms with Gasteiger partial charge in [-0.2, -0.15) is 0 Å². The van der Waals surface area contributed by atoms with E-state index in [1.165, 1.54) is 29.8 Å². The molecule has 0 heterocycles. The molecule has 0 saturated carbocycles. The summed E-state index contributed by atoms with van der Waals surface area (Å²) in [7, 11) is 1.62. The minimum Gasteiger partial charge on any atom is -0.492 e. The van der Waals surface area contributed by atoms with Crippen molar-refractivity contribution in [3.05, 3.63) is 59.9 Å². The van der Waals surface area contributed by atoms with Crippen molar-refractivity contribution in [3.8, 4) is 5.75 Å². The van der Waals surface area contributed by atoms with Crippen LogP contribution in [0.25, 0.3) is 0 Å². The van der Waals surface area contributed by atoms with Gasteiger partial charge in [0.25, 0.3) is 0 Å². The molecule has 2 aromatic rings. The number of aryl methyl sites for hydroxylation is 1. The van der Waals surface area contributed by atoms with Crippen LogP contribution in [-0.2, 0) is 4.79 Å². The smallest absolute Gasteiger partial charge is 0.243 e. The lowest BCUT2D eigenvalue weighted by atomic mass is 10.2. The van der Waals surface area contributed by atoms with E-state index >= 15 is 0 Å². The first-order chi connectivity index (χ1) is 12.6. The van der Waals surface area contributed by atoms with Crippen molar-refractivity contribution in [2.45, 2.75) is 6.92 Å². The number of benzene rings is 2. The molecule has 2 rings (SSSR count). The van der Waals surface area contributed by atoms with Gasteiger partial charge in [0.2, 0.25) is 5.91 Å². The fourth-order valence-electron chi connectivity index (χ4n) is 2.10. The number of aliphatic imine (C=N–C) groups is 1. The lowest BCUT2D eigenvalue weighted by Crippen LogP contribution is -2.42. The second-order valence-electron chi connectivity index (χ2n) is 5.57. The molecule has 7 heteroatoms. The first-order valence-electron chi connectivity index (χ1n) is 8.26. The maximum atomic E-state index is 12.8. The summed E-state index contributed by atoms with van der Waals surface area (Å²) in [6, 6.07) is 13.4. The molecular weight excluding hydrogens is 335 g/mol. The zero-order chi connectivity index (χ0) is 18.8. The van der Waals surface area contributed by atoms with Gasteiger partial charge in [-0.3, -0.25) is 9.79 Å². The first-order valence-corrected chi connectivity index (χ1v) is 8.26. The maximum absolute atomic E-state index is 12.8. The monoisotopic (exact) mass is 358 g/mol. The van der Waals surface area contributed by atoms with Crippen LogP contribution >= 0.6 is 0 Å². The molecule has 0 atom stereocenters. The lowest BCUT2D eigenvalue weighted by Gasteiger charge is -2.12. The summed E-state index contributed by atoms with van der Waals surface area (Å²) in [6.07, 6.45) is 0. The molecule has 1 amide bonds. The molecular formula is C19H23FN4O2. The van der Waals surface area contributed by atoms with Gasteiger partial charge >= 0.3 is 0 Å². The number of carbonyl (C=O) groups is 1. The number of halogens is 1. The molecule has 6 nitrogen and oxygen atoms in total. The highest BCUT2D eigenvalue weighted by Gasteiger charge is 2.04. The Balaban J connectivity index is 1.66. The van der Waals surface area contributed by atoms with Crippen molar-refractivity contribution in [2.75, 3.05) is 32.1 Å². The topological polar surface area (TPSA) is 74.8 Å². The third-order valence-corrected chi connectivity index (χ3v) is 3.45. The Bertz CT molecular complexity index is 730. The van der Waals surface area contributed by atoms with Gasteiger partial charge in [0, 0.05) is 12.7 Å². The number of anilines is 1. The number of amides is 1. The number of carbonyl (C=O) groups excluding carboxylic acids is 1. The van der Waals surface area contributed by atoms with Gasteiger partial charge in [-0.15, -0.1) is 0 Å². The SMILES string of the molecule is CN=C(NCCOc1ccc(C)cc1)NCC(=O)Nc1ccc(F)cc1. The number of ether oxygens (including phenoxy) is 1. The Morgan fingerprint density at radius 3 is 2.42 bits per heavy atom. The van der Waals surface area contributed by atoms with Crippen LogP contribution in [0.1, 0.15) is 5.56 Å². The van der Waals surface area contributed by atoms with E-state index < -0.39 is 0 Å². The molecule has 0 unspecified atom stereocenters. The summed E-state index contributed by atoms with van der Waals surface area (Å²) >= 11 is 0. The summed E-state index contributed by atoms with van der Waals surface area (Å²) < 4.78 is 18.5. The van der Waals surface area contributed by atoms with Crippen molar-refractivity contribution >= 4 is 17.6 Å². The van der Waals surface area contributed by atoms with Crippen LogP contribution in [0.2, 0.25) is 0 Å². The predicted molar refractivity (Wildman–Crippen MR) is 101 cm³/mol. The number of nitrogens with zero attached hydrogens (tertiary/aromatic N) is 1. The van der Waals surface area contributed by atoms with Crippen molar-refractivity contribution in [2.24, 2.45) is 4.99 Å². The van der Waals surface area contributed by atoms with E-state index in [9.17, 15) is 9.18 Å². The summed E-state index contributed by atoms with van der Waals surface area (Å²) in [5.74, 6) is 0.694. The predicted octanol–water partition coefficient (Wildman–Crippen LogP) is 2.32. The van der Waals surface area contributed by atoms with Crippen LogP contribution in [0, 0.1) is 12.7 Å². The average Bonchev–Trinajstić information content (AvgIpc) is 2.64. The van der Waals surface area contributed by atoms with Gasteiger partial charge in [0.1, 0.15) is 18.2 Å². The molecule has 0 aliphatic carbocycles. The van der Waals surface area contributed by atoms with Gasteiger partial charge in [-0.25, -0.2) is 4.39 Å². The van der Waals surface area contributed by atoms with Crippen LogP contribution in [0.4, 0.5) is 10.1 Å². The first kappa shape index (κ1) is 19.2. The van der Waals surface area contributed by atoms with E-state index in [4.69, 9.17) is 4.74 Å². The summed E-state index contributed by atoms with van der Waals surface area (Å²) in [4.78, 5) is 15.9.